The van der Waals surface area contributed by atoms with Crippen LogP contribution in [-0.2, 0) is 4.74 Å². The van der Waals surface area contributed by atoms with Crippen molar-refractivity contribution in [2.45, 2.75) is 50.8 Å². The fourth-order valence-electron chi connectivity index (χ4n) is 3.92. The number of hydrogen-bond donors (Lipinski definition) is 0. The number of nitrogens with zero attached hydrogens (tertiary/aromatic N) is 3. The van der Waals surface area contributed by atoms with Gasteiger partial charge in [-0.2, -0.15) is 5.10 Å². The molecular formula is C17H21N3O2. The highest BCUT2D eigenvalue weighted by atomic mass is 16.5. The van der Waals surface area contributed by atoms with Crippen molar-refractivity contribution < 1.29 is 9.53 Å². The van der Waals surface area contributed by atoms with Gasteiger partial charge in [-0.15, -0.1) is 0 Å². The summed E-state index contributed by atoms with van der Waals surface area (Å²) < 4.78 is 7.52. The third-order valence-corrected chi connectivity index (χ3v) is 5.23. The molecule has 0 aliphatic carbocycles. The lowest BCUT2D eigenvalue weighted by Crippen LogP contribution is -2.43. The summed E-state index contributed by atoms with van der Waals surface area (Å²) in [7, 11) is 2.19. The Hall–Kier alpha value is -1.88. The van der Waals surface area contributed by atoms with Crippen molar-refractivity contribution in [3.8, 4) is 0 Å². The van der Waals surface area contributed by atoms with Gasteiger partial charge in [-0.05, 0) is 44.5 Å². The Kier molecular flexibility index (Phi) is 3.18. The zero-order chi connectivity index (χ0) is 15.3. The van der Waals surface area contributed by atoms with E-state index >= 15 is 0 Å². The number of ether oxygens (including phenoxy) is 1. The zero-order valence-electron chi connectivity index (χ0n) is 13.0. The summed E-state index contributed by atoms with van der Waals surface area (Å²) >= 11 is 0. The van der Waals surface area contributed by atoms with E-state index in [1.807, 2.05) is 25.3 Å². The van der Waals surface area contributed by atoms with Gasteiger partial charge in [0.15, 0.2) is 0 Å². The lowest BCUT2D eigenvalue weighted by Gasteiger charge is -2.35. The Morgan fingerprint density at radius 3 is 2.77 bits per heavy atom. The normalized spacial score (nSPS) is 28.2. The third-order valence-electron chi connectivity index (χ3n) is 5.23. The van der Waals surface area contributed by atoms with Crippen LogP contribution in [0.5, 0.6) is 0 Å². The lowest BCUT2D eigenvalue weighted by molar-refractivity contribution is -0.000267. The maximum absolute atomic E-state index is 12.5. The first-order chi connectivity index (χ1) is 10.6. The molecule has 2 bridgehead atoms. The van der Waals surface area contributed by atoms with Crippen LogP contribution >= 0.6 is 0 Å². The number of aromatic nitrogens is 2. The molecule has 116 valence electrons. The molecule has 2 fully saturated rings. The number of carbonyl (C=O) groups is 1. The van der Waals surface area contributed by atoms with Crippen molar-refractivity contribution in [3.63, 3.8) is 0 Å². The first-order valence-corrected chi connectivity index (χ1v) is 7.99. The zero-order valence-corrected chi connectivity index (χ0v) is 13.0. The van der Waals surface area contributed by atoms with Crippen LogP contribution in [0, 0.1) is 6.92 Å². The number of rotatable bonds is 2. The number of carbonyl (C=O) groups excluding carboxylic acids is 1. The molecule has 2 saturated heterocycles. The molecule has 2 aromatic heterocycles. The molecule has 0 aromatic carbocycles. The van der Waals surface area contributed by atoms with Crippen LogP contribution < -0.4 is 0 Å². The summed E-state index contributed by atoms with van der Waals surface area (Å²) in [4.78, 5) is 15.0. The van der Waals surface area contributed by atoms with Crippen LogP contribution in [0.25, 0.3) is 5.52 Å². The minimum absolute atomic E-state index is 0.0426. The van der Waals surface area contributed by atoms with Crippen molar-refractivity contribution in [1.29, 1.82) is 0 Å². The molecule has 22 heavy (non-hydrogen) atoms. The number of fused-ring (bicyclic) bond motifs is 3. The summed E-state index contributed by atoms with van der Waals surface area (Å²) in [5, 5.41) is 4.24. The maximum atomic E-state index is 12.5. The summed E-state index contributed by atoms with van der Waals surface area (Å²) in [6.07, 6.45) is 7.89. The quantitative estimate of drug-likeness (QED) is 0.799. The van der Waals surface area contributed by atoms with E-state index in [-0.39, 0.29) is 12.1 Å². The van der Waals surface area contributed by atoms with Crippen molar-refractivity contribution in [2.24, 2.45) is 0 Å². The van der Waals surface area contributed by atoms with Gasteiger partial charge in [0.2, 0.25) is 0 Å². The van der Waals surface area contributed by atoms with Crippen LogP contribution in [0.3, 0.4) is 0 Å². The highest BCUT2D eigenvalue weighted by Gasteiger charge is 2.40. The molecule has 5 nitrogen and oxygen atoms in total. The van der Waals surface area contributed by atoms with Crippen LogP contribution in [0.2, 0.25) is 0 Å². The fourth-order valence-corrected chi connectivity index (χ4v) is 3.92. The van der Waals surface area contributed by atoms with E-state index in [0.717, 1.165) is 23.9 Å². The van der Waals surface area contributed by atoms with Crippen LogP contribution in [-0.4, -0.2) is 45.7 Å². The number of hydrogen-bond acceptors (Lipinski definition) is 4. The number of aryl methyl sites for hydroxylation is 1. The molecule has 0 saturated carbocycles. The Bertz CT molecular complexity index is 710. The van der Waals surface area contributed by atoms with Crippen molar-refractivity contribution in [1.82, 2.24) is 14.5 Å². The molecule has 0 amide bonds. The predicted molar refractivity (Wildman–Crippen MR) is 82.9 cm³/mol. The molecule has 4 rings (SSSR count). The molecular weight excluding hydrogens is 278 g/mol. The standard InChI is InChI=1S/C17H21N3O2/c1-11-5-6-20-16(7-11)15(10-18-20)17(21)22-14-8-12-3-4-13(9-14)19(12)2/h5-7,10,12-14H,3-4,8-9H2,1-2H3. The highest BCUT2D eigenvalue weighted by molar-refractivity contribution is 5.96. The molecule has 2 aliphatic rings. The van der Waals surface area contributed by atoms with Crippen LogP contribution in [0.15, 0.2) is 24.5 Å². The monoisotopic (exact) mass is 299 g/mol. The Balaban J connectivity index is 1.53. The minimum atomic E-state index is -0.241. The Morgan fingerprint density at radius 1 is 1.32 bits per heavy atom. The van der Waals surface area contributed by atoms with Gasteiger partial charge in [0.1, 0.15) is 11.7 Å². The fraction of sp³-hybridized carbons (Fsp3) is 0.529. The molecule has 0 spiro atoms. The van der Waals surface area contributed by atoms with Gasteiger partial charge >= 0.3 is 5.97 Å². The maximum Gasteiger partial charge on any atom is 0.342 e. The van der Waals surface area contributed by atoms with E-state index < -0.39 is 0 Å². The van der Waals surface area contributed by atoms with Gasteiger partial charge in [-0.1, -0.05) is 0 Å². The largest absolute Gasteiger partial charge is 0.459 e. The van der Waals surface area contributed by atoms with Crippen LogP contribution in [0.1, 0.15) is 41.6 Å². The molecule has 2 atom stereocenters. The van der Waals surface area contributed by atoms with Gasteiger partial charge in [0.05, 0.1) is 11.7 Å². The second-order valence-electron chi connectivity index (χ2n) is 6.64. The average molecular weight is 299 g/mol. The van der Waals surface area contributed by atoms with E-state index in [1.54, 1.807) is 10.7 Å². The summed E-state index contributed by atoms with van der Waals surface area (Å²) in [6.45, 7) is 2.01. The molecule has 4 heterocycles. The Labute approximate surface area is 129 Å². The van der Waals surface area contributed by atoms with Gasteiger partial charge in [-0.25, -0.2) is 9.31 Å². The molecule has 2 aromatic rings. The van der Waals surface area contributed by atoms with Crippen molar-refractivity contribution >= 4 is 11.5 Å². The molecule has 2 aliphatic heterocycles. The average Bonchev–Trinajstić information content (AvgIpc) is 2.97. The van der Waals surface area contributed by atoms with Gasteiger partial charge in [-0.3, -0.25) is 0 Å². The first kappa shape index (κ1) is 13.8. The second-order valence-corrected chi connectivity index (χ2v) is 6.64. The van der Waals surface area contributed by atoms with Crippen LogP contribution in [0.4, 0.5) is 0 Å². The van der Waals surface area contributed by atoms with E-state index in [4.69, 9.17) is 4.74 Å². The van der Waals surface area contributed by atoms with Gasteiger partial charge < -0.3 is 9.64 Å². The number of pyridine rings is 1. The number of piperidine rings is 1. The van der Waals surface area contributed by atoms with E-state index in [1.165, 1.54) is 12.8 Å². The van der Waals surface area contributed by atoms with Gasteiger partial charge in [0.25, 0.3) is 0 Å². The van der Waals surface area contributed by atoms with Crippen molar-refractivity contribution in [2.75, 3.05) is 7.05 Å². The van der Waals surface area contributed by atoms with E-state index in [2.05, 4.69) is 17.0 Å². The topological polar surface area (TPSA) is 46.8 Å². The molecule has 2 unspecified atom stereocenters. The highest BCUT2D eigenvalue weighted by Crippen LogP contribution is 2.35. The second kappa shape index (κ2) is 5.09. The SMILES string of the molecule is Cc1ccn2ncc(C(=O)OC3CC4CCC(C3)N4C)c2c1. The lowest BCUT2D eigenvalue weighted by atomic mass is 10.0. The molecule has 5 heteroatoms. The predicted octanol–water partition coefficient (Wildman–Crippen LogP) is 2.42. The molecule has 0 N–H and O–H groups in total. The van der Waals surface area contributed by atoms with Gasteiger partial charge in [0, 0.05) is 31.1 Å². The molecule has 0 radical (unpaired) electrons. The summed E-state index contributed by atoms with van der Waals surface area (Å²) in [5.74, 6) is -0.241. The van der Waals surface area contributed by atoms with E-state index in [9.17, 15) is 4.79 Å². The van der Waals surface area contributed by atoms with Crippen molar-refractivity contribution in [3.05, 3.63) is 35.7 Å². The first-order valence-electron chi connectivity index (χ1n) is 7.99. The summed E-state index contributed by atoms with van der Waals surface area (Å²) in [5.41, 5.74) is 2.50. The van der Waals surface area contributed by atoms with E-state index in [0.29, 0.717) is 17.6 Å². The Morgan fingerprint density at radius 2 is 2.05 bits per heavy atom. The summed E-state index contributed by atoms with van der Waals surface area (Å²) in [6, 6.07) is 5.09. The minimum Gasteiger partial charge on any atom is -0.459 e. The third kappa shape index (κ3) is 2.20. The number of esters is 1. The smallest absolute Gasteiger partial charge is 0.342 e.